The van der Waals surface area contributed by atoms with Crippen molar-refractivity contribution < 1.29 is 13.6 Å². The Morgan fingerprint density at radius 1 is 1.27 bits per heavy atom. The number of benzene rings is 1. The molecule has 2 aliphatic rings. The minimum atomic E-state index is -0.930. The van der Waals surface area contributed by atoms with Crippen LogP contribution in [0.3, 0.4) is 0 Å². The molecule has 2 aromatic heterocycles. The Labute approximate surface area is 175 Å². The third-order valence-electron chi connectivity index (χ3n) is 5.85. The van der Waals surface area contributed by atoms with Gasteiger partial charge in [-0.25, -0.2) is 13.3 Å². The van der Waals surface area contributed by atoms with Crippen LogP contribution in [0.25, 0.3) is 16.8 Å². The van der Waals surface area contributed by atoms with E-state index in [0.717, 1.165) is 37.8 Å². The van der Waals surface area contributed by atoms with Crippen molar-refractivity contribution in [3.8, 4) is 11.3 Å². The van der Waals surface area contributed by atoms with Crippen molar-refractivity contribution in [1.82, 2.24) is 19.9 Å². The van der Waals surface area contributed by atoms with Gasteiger partial charge in [0.05, 0.1) is 11.9 Å². The Balaban J connectivity index is 1.61. The molecule has 6 nitrogen and oxygen atoms in total. The molecule has 0 unspecified atom stereocenters. The summed E-state index contributed by atoms with van der Waals surface area (Å²) < 4.78 is 29.1. The molecule has 2 fully saturated rings. The minimum absolute atomic E-state index is 0.0447. The van der Waals surface area contributed by atoms with Crippen LogP contribution >= 0.6 is 11.6 Å². The molecule has 2 heterocycles. The van der Waals surface area contributed by atoms with E-state index in [1.807, 2.05) is 6.92 Å². The number of H-pyrrole nitrogens is 1. The first-order chi connectivity index (χ1) is 14.3. The summed E-state index contributed by atoms with van der Waals surface area (Å²) in [6.45, 7) is 1.97. The summed E-state index contributed by atoms with van der Waals surface area (Å²) >= 11 is 5.55. The van der Waals surface area contributed by atoms with Crippen LogP contribution in [0.15, 0.2) is 23.1 Å². The monoisotopic (exact) mass is 432 g/mol. The summed E-state index contributed by atoms with van der Waals surface area (Å²) in [5.41, 5.74) is 0.987. The first-order valence-electron chi connectivity index (χ1n) is 9.95. The van der Waals surface area contributed by atoms with Crippen LogP contribution in [0, 0.1) is 17.6 Å². The molecular formula is C21H19ClF2N4O2. The molecule has 0 bridgehead atoms. The van der Waals surface area contributed by atoms with Gasteiger partial charge >= 0.3 is 0 Å². The van der Waals surface area contributed by atoms with Crippen LogP contribution in [-0.2, 0) is 0 Å². The fourth-order valence-corrected chi connectivity index (χ4v) is 3.99. The minimum Gasteiger partial charge on any atom is -0.348 e. The third kappa shape index (κ3) is 3.29. The number of rotatable bonds is 5. The number of amides is 1. The summed E-state index contributed by atoms with van der Waals surface area (Å²) in [5, 5.41) is 6.77. The maximum absolute atomic E-state index is 13.9. The second-order valence-corrected chi connectivity index (χ2v) is 8.56. The number of nitrogens with one attached hydrogen (secondary N) is 2. The maximum atomic E-state index is 13.9. The topological polar surface area (TPSA) is 79.3 Å². The van der Waals surface area contributed by atoms with Gasteiger partial charge in [-0.05, 0) is 56.6 Å². The van der Waals surface area contributed by atoms with E-state index in [4.69, 9.17) is 11.6 Å². The fourth-order valence-electron chi connectivity index (χ4n) is 3.88. The predicted octanol–water partition coefficient (Wildman–Crippen LogP) is 4.03. The Bertz CT molecular complexity index is 1220. The van der Waals surface area contributed by atoms with Gasteiger partial charge in [-0.2, -0.15) is 5.10 Å². The van der Waals surface area contributed by atoms with E-state index in [9.17, 15) is 18.4 Å². The summed E-state index contributed by atoms with van der Waals surface area (Å²) in [6, 6.07) is 2.13. The van der Waals surface area contributed by atoms with Gasteiger partial charge in [0.15, 0.2) is 5.69 Å². The average molecular weight is 433 g/mol. The van der Waals surface area contributed by atoms with Crippen molar-refractivity contribution in [3.05, 3.63) is 56.6 Å². The van der Waals surface area contributed by atoms with Gasteiger partial charge in [0.1, 0.15) is 22.2 Å². The van der Waals surface area contributed by atoms with Crippen LogP contribution in [0.5, 0.6) is 0 Å². The Morgan fingerprint density at radius 3 is 2.53 bits per heavy atom. The van der Waals surface area contributed by atoms with Gasteiger partial charge in [0.25, 0.3) is 11.5 Å². The first-order valence-corrected chi connectivity index (χ1v) is 10.3. The van der Waals surface area contributed by atoms with E-state index in [2.05, 4.69) is 15.4 Å². The molecule has 1 amide bonds. The number of carbonyl (C=O) groups is 1. The van der Waals surface area contributed by atoms with Crippen LogP contribution < -0.4 is 10.9 Å². The lowest BCUT2D eigenvalue weighted by atomic mass is 10.1. The van der Waals surface area contributed by atoms with E-state index in [-0.39, 0.29) is 34.8 Å². The lowest BCUT2D eigenvalue weighted by Crippen LogP contribution is -2.34. The highest BCUT2D eigenvalue weighted by atomic mass is 35.5. The van der Waals surface area contributed by atoms with Gasteiger partial charge in [-0.15, -0.1) is 0 Å². The highest BCUT2D eigenvalue weighted by molar-refractivity contribution is 6.31. The van der Waals surface area contributed by atoms with Gasteiger partial charge in [-0.1, -0.05) is 11.6 Å². The largest absolute Gasteiger partial charge is 0.348 e. The second-order valence-electron chi connectivity index (χ2n) is 8.18. The number of halogens is 3. The highest BCUT2D eigenvalue weighted by Crippen LogP contribution is 2.43. The summed E-state index contributed by atoms with van der Waals surface area (Å²) in [6.07, 6.45) is 5.42. The maximum Gasteiger partial charge on any atom is 0.274 e. The predicted molar refractivity (Wildman–Crippen MR) is 108 cm³/mol. The van der Waals surface area contributed by atoms with Crippen LogP contribution in [0.2, 0.25) is 5.02 Å². The Kier molecular flexibility index (Phi) is 4.43. The van der Waals surface area contributed by atoms with Gasteiger partial charge in [-0.3, -0.25) is 9.59 Å². The Hall–Kier alpha value is -2.74. The number of carbonyl (C=O) groups excluding carboxylic acids is 1. The third-order valence-corrected chi connectivity index (χ3v) is 6.21. The molecule has 9 heteroatoms. The first kappa shape index (κ1) is 19.2. The second kappa shape index (κ2) is 6.91. The smallest absolute Gasteiger partial charge is 0.274 e. The van der Waals surface area contributed by atoms with Gasteiger partial charge in [0, 0.05) is 17.2 Å². The molecule has 0 aliphatic heterocycles. The van der Waals surface area contributed by atoms with E-state index >= 15 is 0 Å². The van der Waals surface area contributed by atoms with Crippen molar-refractivity contribution >= 4 is 23.0 Å². The highest BCUT2D eigenvalue weighted by Gasteiger charge is 2.36. The summed E-state index contributed by atoms with van der Waals surface area (Å²) in [7, 11) is 0. The summed E-state index contributed by atoms with van der Waals surface area (Å²) in [4.78, 5) is 28.4. The molecule has 3 aromatic rings. The van der Waals surface area contributed by atoms with E-state index in [1.165, 1.54) is 10.7 Å². The van der Waals surface area contributed by atoms with Crippen LogP contribution in [0.1, 0.15) is 54.6 Å². The number of hydrogen-bond donors (Lipinski definition) is 2. The van der Waals surface area contributed by atoms with Crippen molar-refractivity contribution in [3.63, 3.8) is 0 Å². The number of aromatic amines is 1. The molecule has 0 spiro atoms. The zero-order chi connectivity index (χ0) is 21.2. The molecule has 1 atom stereocenters. The van der Waals surface area contributed by atoms with Crippen molar-refractivity contribution in [2.75, 3.05) is 0 Å². The molecule has 30 heavy (non-hydrogen) atoms. The molecule has 1 aromatic carbocycles. The quantitative estimate of drug-likeness (QED) is 0.597. The molecule has 5 rings (SSSR count). The summed E-state index contributed by atoms with van der Waals surface area (Å²) in [5.74, 6) is -1.57. The van der Waals surface area contributed by atoms with E-state index in [1.54, 1.807) is 0 Å². The van der Waals surface area contributed by atoms with Gasteiger partial charge < -0.3 is 10.3 Å². The number of aromatic nitrogens is 3. The molecule has 156 valence electrons. The number of fused-ring (bicyclic) bond motifs is 1. The lowest BCUT2D eigenvalue weighted by Gasteiger charge is -2.12. The zero-order valence-electron chi connectivity index (χ0n) is 16.1. The van der Waals surface area contributed by atoms with Crippen LogP contribution in [0.4, 0.5) is 8.78 Å². The SMILES string of the molecule is C[C@@H](NC(=O)c1nn2cc(-c3cc(F)c(Cl)c(F)c3)[nH]c(=O)c2c1C1CC1)C1CC1. The normalized spacial score (nSPS) is 17.3. The standard InChI is InChI=1S/C21H19ClF2N4O2/c1-9(10-2-3-10)25-20(29)18-16(11-4-5-11)19-21(30)26-15(8-28(19)27-18)12-6-13(23)17(22)14(24)7-12/h6-11H,2-5H2,1H3,(H,25,29)(H,26,30)/t9-/m1/s1. The Morgan fingerprint density at radius 2 is 1.93 bits per heavy atom. The number of hydrogen-bond acceptors (Lipinski definition) is 3. The van der Waals surface area contributed by atoms with Crippen molar-refractivity contribution in [2.45, 2.75) is 44.6 Å². The molecule has 2 N–H and O–H groups in total. The average Bonchev–Trinajstić information content (AvgIpc) is 3.61. The number of nitrogens with zero attached hydrogens (tertiary/aromatic N) is 2. The molecule has 2 aliphatic carbocycles. The van der Waals surface area contributed by atoms with Crippen molar-refractivity contribution in [2.24, 2.45) is 5.92 Å². The van der Waals surface area contributed by atoms with Gasteiger partial charge in [0.2, 0.25) is 0 Å². The molecular weight excluding hydrogens is 414 g/mol. The molecule has 0 radical (unpaired) electrons. The van der Waals surface area contributed by atoms with Crippen molar-refractivity contribution in [1.29, 1.82) is 0 Å². The molecule has 0 saturated heterocycles. The van der Waals surface area contributed by atoms with E-state index in [0.29, 0.717) is 17.0 Å². The zero-order valence-corrected chi connectivity index (χ0v) is 16.9. The van der Waals surface area contributed by atoms with Crippen LogP contribution in [-0.4, -0.2) is 26.5 Å². The van der Waals surface area contributed by atoms with E-state index < -0.39 is 22.2 Å². The lowest BCUT2D eigenvalue weighted by molar-refractivity contribution is 0.0929. The molecule has 2 saturated carbocycles. The fraction of sp³-hybridized carbons (Fsp3) is 0.381.